The summed E-state index contributed by atoms with van der Waals surface area (Å²) in [5, 5.41) is 25.7. The van der Waals surface area contributed by atoms with E-state index in [1.807, 2.05) is 0 Å². The minimum Gasteiger partial charge on any atom is -0.478 e. The van der Waals surface area contributed by atoms with Crippen molar-refractivity contribution in [2.75, 3.05) is 0 Å². The SMILES string of the molecule is CC1(C)CC(c2ccc(C(=O)O)c(C3CC(C)(C)N(OC4CCCCC4)C(C)(C)C3)c2C(=O)O)CC(C)(C)N1OC1CCCCC1. The number of carboxylic acids is 2. The molecule has 8 nitrogen and oxygen atoms in total. The van der Waals surface area contributed by atoms with E-state index in [4.69, 9.17) is 9.68 Å². The third-order valence-electron chi connectivity index (χ3n) is 11.4. The highest BCUT2D eigenvalue weighted by atomic mass is 16.7. The van der Waals surface area contributed by atoms with Crippen LogP contribution in [0.5, 0.6) is 0 Å². The van der Waals surface area contributed by atoms with Crippen LogP contribution in [0.15, 0.2) is 12.1 Å². The second-order valence-corrected chi connectivity index (χ2v) is 17.4. The summed E-state index contributed by atoms with van der Waals surface area (Å²) < 4.78 is 0. The molecule has 46 heavy (non-hydrogen) atoms. The number of piperidine rings is 2. The van der Waals surface area contributed by atoms with E-state index in [0.717, 1.165) is 44.1 Å². The maximum atomic E-state index is 13.3. The lowest BCUT2D eigenvalue weighted by Gasteiger charge is -2.56. The molecule has 0 atom stereocenters. The molecular weight excluding hydrogens is 580 g/mol. The molecule has 4 aliphatic rings. The molecule has 0 bridgehead atoms. The van der Waals surface area contributed by atoms with Gasteiger partial charge in [-0.25, -0.2) is 9.59 Å². The van der Waals surface area contributed by atoms with E-state index in [0.29, 0.717) is 18.4 Å². The number of carboxylic acid groups (broad SMARTS) is 2. The molecule has 8 heteroatoms. The molecule has 1 aromatic rings. The van der Waals surface area contributed by atoms with Crippen LogP contribution in [0.2, 0.25) is 0 Å². The van der Waals surface area contributed by atoms with Gasteiger partial charge in [0.1, 0.15) is 0 Å². The molecule has 258 valence electrons. The zero-order valence-corrected chi connectivity index (χ0v) is 29.8. The van der Waals surface area contributed by atoms with Gasteiger partial charge in [0.15, 0.2) is 0 Å². The van der Waals surface area contributed by atoms with Gasteiger partial charge in [0.05, 0.1) is 23.3 Å². The Kier molecular flexibility index (Phi) is 10.1. The van der Waals surface area contributed by atoms with E-state index in [1.165, 1.54) is 38.5 Å². The Morgan fingerprint density at radius 3 is 1.37 bits per heavy atom. The largest absolute Gasteiger partial charge is 0.478 e. The predicted octanol–water partition coefficient (Wildman–Crippen LogP) is 9.08. The summed E-state index contributed by atoms with van der Waals surface area (Å²) in [5.41, 5.74) is 0.0185. The van der Waals surface area contributed by atoms with E-state index in [9.17, 15) is 19.8 Å². The van der Waals surface area contributed by atoms with Gasteiger partial charge in [-0.1, -0.05) is 44.6 Å². The van der Waals surface area contributed by atoms with Crippen molar-refractivity contribution in [2.24, 2.45) is 0 Å². The van der Waals surface area contributed by atoms with Crippen LogP contribution in [-0.4, -0.2) is 66.6 Å². The molecule has 4 fully saturated rings. The molecular formula is C38H60N2O6. The van der Waals surface area contributed by atoms with Crippen LogP contribution in [0, 0.1) is 0 Å². The van der Waals surface area contributed by atoms with Crippen LogP contribution in [0.4, 0.5) is 0 Å². The first-order valence-electron chi connectivity index (χ1n) is 18.0. The van der Waals surface area contributed by atoms with E-state index < -0.39 is 23.0 Å². The number of benzene rings is 1. The third-order valence-corrected chi connectivity index (χ3v) is 11.4. The fourth-order valence-electron chi connectivity index (χ4n) is 9.99. The summed E-state index contributed by atoms with van der Waals surface area (Å²) in [6.07, 6.45) is 14.6. The molecule has 2 N–H and O–H groups in total. The van der Waals surface area contributed by atoms with Crippen molar-refractivity contribution in [3.05, 3.63) is 34.4 Å². The van der Waals surface area contributed by atoms with Gasteiger partial charge in [-0.3, -0.25) is 9.68 Å². The van der Waals surface area contributed by atoms with Crippen molar-refractivity contribution in [3.63, 3.8) is 0 Å². The van der Waals surface area contributed by atoms with Crippen molar-refractivity contribution in [1.29, 1.82) is 0 Å². The molecule has 5 rings (SSSR count). The Morgan fingerprint density at radius 1 is 0.609 bits per heavy atom. The summed E-state index contributed by atoms with van der Waals surface area (Å²) in [4.78, 5) is 39.5. The zero-order valence-electron chi connectivity index (χ0n) is 29.8. The number of hydrogen-bond acceptors (Lipinski definition) is 6. The van der Waals surface area contributed by atoms with Gasteiger partial charge >= 0.3 is 11.9 Å². The van der Waals surface area contributed by atoms with E-state index in [-0.39, 0.29) is 46.2 Å². The van der Waals surface area contributed by atoms with Gasteiger partial charge in [0.2, 0.25) is 0 Å². The van der Waals surface area contributed by atoms with Crippen LogP contribution in [0.25, 0.3) is 0 Å². The van der Waals surface area contributed by atoms with Crippen molar-refractivity contribution < 1.29 is 29.5 Å². The fourth-order valence-corrected chi connectivity index (χ4v) is 9.99. The number of hydrogen-bond donors (Lipinski definition) is 2. The van der Waals surface area contributed by atoms with Crippen molar-refractivity contribution >= 4 is 11.9 Å². The van der Waals surface area contributed by atoms with E-state index in [1.54, 1.807) is 12.1 Å². The van der Waals surface area contributed by atoms with Crippen LogP contribution in [0.3, 0.4) is 0 Å². The highest BCUT2D eigenvalue weighted by Gasteiger charge is 2.51. The second kappa shape index (κ2) is 13.1. The Balaban J connectivity index is 1.50. The molecule has 0 radical (unpaired) electrons. The van der Waals surface area contributed by atoms with Crippen molar-refractivity contribution in [1.82, 2.24) is 10.1 Å². The van der Waals surface area contributed by atoms with Gasteiger partial charge in [-0.05, 0) is 136 Å². The van der Waals surface area contributed by atoms with Crippen LogP contribution >= 0.6 is 0 Å². The van der Waals surface area contributed by atoms with E-state index >= 15 is 0 Å². The van der Waals surface area contributed by atoms with Crippen molar-refractivity contribution in [3.8, 4) is 0 Å². The normalized spacial score (nSPS) is 26.6. The first kappa shape index (κ1) is 35.3. The average molecular weight is 641 g/mol. The summed E-state index contributed by atoms with van der Waals surface area (Å²) in [6.45, 7) is 17.4. The number of aromatic carboxylic acids is 2. The lowest BCUT2D eigenvalue weighted by molar-refractivity contribution is -0.310. The molecule has 2 aliphatic carbocycles. The first-order chi connectivity index (χ1) is 21.4. The second-order valence-electron chi connectivity index (χ2n) is 17.4. The summed E-state index contributed by atoms with van der Waals surface area (Å²) >= 11 is 0. The van der Waals surface area contributed by atoms with Gasteiger partial charge in [-0.2, -0.15) is 10.1 Å². The summed E-state index contributed by atoms with van der Waals surface area (Å²) in [5.74, 6) is -2.42. The molecule has 2 saturated carbocycles. The minimum absolute atomic E-state index is 0.0559. The third kappa shape index (κ3) is 7.20. The maximum Gasteiger partial charge on any atom is 0.336 e. The standard InChI is InChI=1S/C38H60N2O6/c1-35(2)21-25(22-36(3,4)39(35)45-27-15-11-9-12-16-27)29-19-20-30(33(41)42)31(32(29)34(43)44)26-23-37(5,6)40(38(7,8)24-26)46-28-17-13-10-14-18-28/h19-20,25-28H,9-18,21-24H2,1-8H3,(H,41,42)(H,43,44). The quantitative estimate of drug-likeness (QED) is 0.290. The lowest BCUT2D eigenvalue weighted by atomic mass is 9.67. The van der Waals surface area contributed by atoms with E-state index in [2.05, 4.69) is 65.5 Å². The van der Waals surface area contributed by atoms with Crippen LogP contribution in [0.1, 0.15) is 189 Å². The summed E-state index contributed by atoms with van der Waals surface area (Å²) in [6, 6.07) is 3.47. The average Bonchev–Trinajstić information content (AvgIpc) is 2.96. The Morgan fingerprint density at radius 2 is 1.00 bits per heavy atom. The lowest BCUT2D eigenvalue weighted by Crippen LogP contribution is -2.61. The molecule has 2 heterocycles. The maximum absolute atomic E-state index is 13.3. The fraction of sp³-hybridized carbons (Fsp3) is 0.789. The Hall–Kier alpha value is -2.00. The van der Waals surface area contributed by atoms with Crippen LogP contribution in [-0.2, 0) is 9.68 Å². The molecule has 0 aromatic heterocycles. The van der Waals surface area contributed by atoms with Crippen LogP contribution < -0.4 is 0 Å². The minimum atomic E-state index is -1.07. The Bertz CT molecular complexity index is 1240. The zero-order chi connectivity index (χ0) is 33.7. The topological polar surface area (TPSA) is 99.5 Å². The molecule has 0 unspecified atom stereocenters. The molecule has 2 aliphatic heterocycles. The number of carbonyl (C=O) groups is 2. The van der Waals surface area contributed by atoms with Gasteiger partial charge in [-0.15, -0.1) is 0 Å². The molecule has 0 spiro atoms. The first-order valence-corrected chi connectivity index (χ1v) is 18.0. The monoisotopic (exact) mass is 640 g/mol. The molecule has 0 amide bonds. The highest BCUT2D eigenvalue weighted by Crippen LogP contribution is 2.52. The molecule has 2 saturated heterocycles. The Labute approximate surface area is 277 Å². The number of rotatable bonds is 8. The van der Waals surface area contributed by atoms with Gasteiger partial charge in [0, 0.05) is 22.2 Å². The number of hydroxylamine groups is 4. The number of nitrogens with zero attached hydrogens (tertiary/aromatic N) is 2. The predicted molar refractivity (Wildman–Crippen MR) is 180 cm³/mol. The van der Waals surface area contributed by atoms with Crippen molar-refractivity contribution in [2.45, 2.75) is 191 Å². The highest BCUT2D eigenvalue weighted by molar-refractivity contribution is 5.98. The van der Waals surface area contributed by atoms with Gasteiger partial charge < -0.3 is 10.2 Å². The van der Waals surface area contributed by atoms with Gasteiger partial charge in [0.25, 0.3) is 0 Å². The smallest absolute Gasteiger partial charge is 0.336 e. The molecule has 1 aromatic carbocycles. The summed E-state index contributed by atoms with van der Waals surface area (Å²) in [7, 11) is 0.